The fourth-order valence-electron chi connectivity index (χ4n) is 1.87. The Labute approximate surface area is 114 Å². The number of H-pyrrole nitrogens is 2. The Morgan fingerprint density at radius 1 is 1.20 bits per heavy atom. The average Bonchev–Trinajstić information content (AvgIpc) is 2.33. The van der Waals surface area contributed by atoms with Crippen molar-refractivity contribution in [3.05, 3.63) is 61.9 Å². The van der Waals surface area contributed by atoms with Crippen LogP contribution in [0.1, 0.15) is 16.8 Å². The number of hydrogen-bond donors (Lipinski definition) is 3. The Bertz CT molecular complexity index is 730. The maximum absolute atomic E-state index is 11.9. The zero-order valence-electron chi connectivity index (χ0n) is 11.2. The zero-order chi connectivity index (χ0) is 14.7. The Balaban J connectivity index is 2.15. The van der Waals surface area contributed by atoms with Gasteiger partial charge >= 0.3 is 5.69 Å². The highest BCUT2D eigenvalue weighted by Gasteiger charge is 2.08. The molecule has 0 bridgehead atoms. The molecule has 0 aliphatic rings. The molecule has 0 radical (unpaired) electrons. The van der Waals surface area contributed by atoms with Gasteiger partial charge in [-0.15, -0.1) is 0 Å². The van der Waals surface area contributed by atoms with E-state index in [0.717, 1.165) is 16.8 Å². The summed E-state index contributed by atoms with van der Waals surface area (Å²) in [6.45, 7) is 3.87. The van der Waals surface area contributed by atoms with Gasteiger partial charge in [-0.25, -0.2) is 4.79 Å². The number of aryl methyl sites for hydroxylation is 1. The molecule has 0 aliphatic heterocycles. The van der Waals surface area contributed by atoms with Crippen molar-refractivity contribution in [3.63, 3.8) is 0 Å². The minimum atomic E-state index is -0.618. The predicted molar refractivity (Wildman–Crippen MR) is 75.9 cm³/mol. The van der Waals surface area contributed by atoms with E-state index in [1.54, 1.807) is 6.07 Å². The molecule has 1 heterocycles. The molecule has 0 aliphatic carbocycles. The number of benzene rings is 1. The number of carbonyl (C=O) groups excluding carboxylic acids is 1. The lowest BCUT2D eigenvalue weighted by Gasteiger charge is -2.10. The summed E-state index contributed by atoms with van der Waals surface area (Å²) in [7, 11) is 0. The lowest BCUT2D eigenvalue weighted by molar-refractivity contribution is -0.115. The largest absolute Gasteiger partial charge is 0.326 e. The van der Waals surface area contributed by atoms with E-state index >= 15 is 0 Å². The molecule has 0 spiro atoms. The van der Waals surface area contributed by atoms with Crippen molar-refractivity contribution >= 4 is 11.6 Å². The minimum Gasteiger partial charge on any atom is -0.326 e. The molecule has 2 rings (SSSR count). The summed E-state index contributed by atoms with van der Waals surface area (Å²) in [6.07, 6.45) is -0.0630. The lowest BCUT2D eigenvalue weighted by Crippen LogP contribution is -2.25. The third kappa shape index (κ3) is 3.23. The molecule has 1 aromatic carbocycles. The maximum atomic E-state index is 11.9. The van der Waals surface area contributed by atoms with Gasteiger partial charge in [0.05, 0.1) is 6.42 Å². The Morgan fingerprint density at radius 3 is 2.65 bits per heavy atom. The molecule has 0 saturated heterocycles. The molecule has 0 saturated carbocycles. The number of amides is 1. The number of hydrogen-bond acceptors (Lipinski definition) is 3. The number of aromatic amines is 2. The molecule has 6 heteroatoms. The first-order valence-electron chi connectivity index (χ1n) is 6.14. The predicted octanol–water partition coefficient (Wildman–Crippen LogP) is 0.861. The lowest BCUT2D eigenvalue weighted by atomic mass is 10.1. The monoisotopic (exact) mass is 273 g/mol. The van der Waals surface area contributed by atoms with E-state index < -0.39 is 11.2 Å². The molecule has 20 heavy (non-hydrogen) atoms. The van der Waals surface area contributed by atoms with Crippen LogP contribution in [0.5, 0.6) is 0 Å². The van der Waals surface area contributed by atoms with Crippen LogP contribution < -0.4 is 16.6 Å². The van der Waals surface area contributed by atoms with Crippen molar-refractivity contribution in [2.45, 2.75) is 20.3 Å². The van der Waals surface area contributed by atoms with Crippen LogP contribution >= 0.6 is 0 Å². The molecule has 2 aromatic rings. The first kappa shape index (κ1) is 13.8. The molecule has 1 aromatic heterocycles. The van der Waals surface area contributed by atoms with Crippen LogP contribution in [0.3, 0.4) is 0 Å². The van der Waals surface area contributed by atoms with Crippen molar-refractivity contribution in [2.24, 2.45) is 0 Å². The number of nitrogens with one attached hydrogen (secondary N) is 3. The summed E-state index contributed by atoms with van der Waals surface area (Å²) in [5, 5.41) is 2.77. The second-order valence-electron chi connectivity index (χ2n) is 4.59. The zero-order valence-corrected chi connectivity index (χ0v) is 11.2. The normalized spacial score (nSPS) is 10.3. The van der Waals surface area contributed by atoms with E-state index in [9.17, 15) is 14.4 Å². The highest BCUT2D eigenvalue weighted by molar-refractivity contribution is 5.92. The smallest absolute Gasteiger partial charge is 0.325 e. The molecule has 6 nitrogen and oxygen atoms in total. The van der Waals surface area contributed by atoms with Gasteiger partial charge in [0.1, 0.15) is 0 Å². The summed E-state index contributed by atoms with van der Waals surface area (Å²) in [4.78, 5) is 38.6. The van der Waals surface area contributed by atoms with Gasteiger partial charge in [0.15, 0.2) is 0 Å². The average molecular weight is 273 g/mol. The number of aromatic nitrogens is 2. The first-order valence-corrected chi connectivity index (χ1v) is 6.14. The molecule has 0 unspecified atom stereocenters. The second kappa shape index (κ2) is 5.56. The molecule has 0 fully saturated rings. The van der Waals surface area contributed by atoms with Crippen LogP contribution in [0, 0.1) is 13.8 Å². The van der Waals surface area contributed by atoms with Crippen LogP contribution in [-0.4, -0.2) is 15.9 Å². The van der Waals surface area contributed by atoms with Crippen LogP contribution in [0.2, 0.25) is 0 Å². The van der Waals surface area contributed by atoms with Gasteiger partial charge in [0.25, 0.3) is 5.56 Å². The summed E-state index contributed by atoms with van der Waals surface area (Å²) in [6, 6.07) is 6.82. The first-order chi connectivity index (χ1) is 9.45. The molecule has 1 amide bonds. The molecule has 0 atom stereocenters. The minimum absolute atomic E-state index is 0.0630. The third-order valence-electron chi connectivity index (χ3n) is 3.05. The van der Waals surface area contributed by atoms with E-state index in [1.165, 1.54) is 6.07 Å². The quantitative estimate of drug-likeness (QED) is 0.774. The summed E-state index contributed by atoms with van der Waals surface area (Å²) in [5.41, 5.74) is 1.92. The van der Waals surface area contributed by atoms with Gasteiger partial charge in [-0.2, -0.15) is 0 Å². The van der Waals surface area contributed by atoms with Crippen LogP contribution in [-0.2, 0) is 11.2 Å². The molecular weight excluding hydrogens is 258 g/mol. The van der Waals surface area contributed by atoms with Crippen LogP contribution in [0.4, 0.5) is 5.69 Å². The highest BCUT2D eigenvalue weighted by atomic mass is 16.2. The fourth-order valence-corrected chi connectivity index (χ4v) is 1.87. The van der Waals surface area contributed by atoms with E-state index in [4.69, 9.17) is 0 Å². The Kier molecular flexibility index (Phi) is 3.84. The molecule has 104 valence electrons. The Hall–Kier alpha value is -2.63. The van der Waals surface area contributed by atoms with E-state index in [2.05, 4.69) is 15.3 Å². The van der Waals surface area contributed by atoms with Gasteiger partial charge in [0, 0.05) is 17.4 Å². The van der Waals surface area contributed by atoms with Gasteiger partial charge in [-0.3, -0.25) is 14.6 Å². The second-order valence-corrected chi connectivity index (χ2v) is 4.59. The standard InChI is InChI=1S/C14H15N3O3/c1-8-4-3-5-11(9(8)2)16-12(18)6-10-7-13(19)17-14(20)15-10/h3-5,7H,6H2,1-2H3,(H,16,18)(H2,15,17,19,20). The third-order valence-corrected chi connectivity index (χ3v) is 3.05. The van der Waals surface area contributed by atoms with E-state index in [-0.39, 0.29) is 18.0 Å². The van der Waals surface area contributed by atoms with E-state index in [1.807, 2.05) is 26.0 Å². The van der Waals surface area contributed by atoms with Crippen LogP contribution in [0.15, 0.2) is 33.9 Å². The number of carbonyl (C=O) groups is 1. The Morgan fingerprint density at radius 2 is 1.95 bits per heavy atom. The van der Waals surface area contributed by atoms with Crippen molar-refractivity contribution < 1.29 is 4.79 Å². The molecule has 3 N–H and O–H groups in total. The van der Waals surface area contributed by atoms with E-state index in [0.29, 0.717) is 0 Å². The van der Waals surface area contributed by atoms with Crippen molar-refractivity contribution in [2.75, 3.05) is 5.32 Å². The topological polar surface area (TPSA) is 94.8 Å². The van der Waals surface area contributed by atoms with Gasteiger partial charge in [0.2, 0.25) is 5.91 Å². The van der Waals surface area contributed by atoms with Crippen molar-refractivity contribution in [1.82, 2.24) is 9.97 Å². The fraction of sp³-hybridized carbons (Fsp3) is 0.214. The molecular formula is C14H15N3O3. The van der Waals surface area contributed by atoms with Crippen molar-refractivity contribution in [3.8, 4) is 0 Å². The summed E-state index contributed by atoms with van der Waals surface area (Å²) >= 11 is 0. The summed E-state index contributed by atoms with van der Waals surface area (Å²) in [5.74, 6) is -0.292. The van der Waals surface area contributed by atoms with Gasteiger partial charge in [-0.05, 0) is 31.0 Å². The maximum Gasteiger partial charge on any atom is 0.325 e. The highest BCUT2D eigenvalue weighted by Crippen LogP contribution is 2.17. The number of rotatable bonds is 3. The van der Waals surface area contributed by atoms with Crippen molar-refractivity contribution in [1.29, 1.82) is 0 Å². The SMILES string of the molecule is Cc1cccc(NC(=O)Cc2cc(=O)[nH]c(=O)[nH]2)c1C. The van der Waals surface area contributed by atoms with Crippen LogP contribution in [0.25, 0.3) is 0 Å². The van der Waals surface area contributed by atoms with Gasteiger partial charge < -0.3 is 10.3 Å². The van der Waals surface area contributed by atoms with Gasteiger partial charge in [-0.1, -0.05) is 12.1 Å². The number of anilines is 1. The summed E-state index contributed by atoms with van der Waals surface area (Å²) < 4.78 is 0.